The molecule has 0 saturated heterocycles. The monoisotopic (exact) mass is 1160 g/mol. The van der Waals surface area contributed by atoms with E-state index in [1.807, 2.05) is 158 Å². The number of aromatic nitrogens is 4. The standard InChI is InChI=1S/C28H24N2O2.C15H13N3.C13H16O4.C10H12O3.C3H5ClO/c1-3-19-18-24-26(20-10-6-4-7-11-20)27(22-12-8-5-9-13-22)29-30(24)28(31)25(19)21-14-16-23(32-2)17-15-21;16-15-13(11-7-3-1-4-8-11)14(17-18-15)12-9-5-2-6-10-12;1-4-11(14)12(13(15)17-3)9-5-7-10(16-2)8-6-9;1-12-9-5-3-8(4-6-9)7-10(11)13-2;1-2-3(4)5/h4-17H,3,18H2,1-2H3;1-10H,(H3,16,17,18);5-8,12H,4H2,1-3H3;3-6H,7H2,1-2H3;2H2,1H3. The van der Waals surface area contributed by atoms with Crippen LogP contribution in [0.1, 0.15) is 73.1 Å². The molecule has 0 fully saturated rings. The minimum atomic E-state index is -0.837. The Balaban J connectivity index is 0.000000187. The van der Waals surface area contributed by atoms with Gasteiger partial charge in [0.15, 0.2) is 11.6 Å². The van der Waals surface area contributed by atoms with Crippen molar-refractivity contribution in [1.82, 2.24) is 20.0 Å². The first kappa shape index (κ1) is 64.3. The third-order valence-electron chi connectivity index (χ3n) is 13.5. The van der Waals surface area contributed by atoms with E-state index in [9.17, 15) is 24.0 Å². The van der Waals surface area contributed by atoms with E-state index < -0.39 is 11.9 Å². The van der Waals surface area contributed by atoms with E-state index in [2.05, 4.69) is 38.7 Å². The zero-order valence-electron chi connectivity index (χ0n) is 49.0. The number of anilines is 1. The van der Waals surface area contributed by atoms with Gasteiger partial charge in [0.25, 0.3) is 5.91 Å². The van der Waals surface area contributed by atoms with Crippen molar-refractivity contribution < 1.29 is 47.7 Å². The Bertz CT molecular complexity index is 3610. The lowest BCUT2D eigenvalue weighted by Gasteiger charge is -2.21. The van der Waals surface area contributed by atoms with Gasteiger partial charge in [0.2, 0.25) is 5.24 Å². The molecular formula is C69H70ClN5O10. The summed E-state index contributed by atoms with van der Waals surface area (Å²) in [5, 5.41) is 11.7. The molecule has 9 aromatic rings. The molecule has 0 amide bonds. The number of esters is 2. The molecule has 1 aliphatic heterocycles. The van der Waals surface area contributed by atoms with Gasteiger partial charge in [-0.25, -0.2) is 0 Å². The van der Waals surface area contributed by atoms with E-state index in [1.54, 1.807) is 64.1 Å². The van der Waals surface area contributed by atoms with Gasteiger partial charge in [0.1, 0.15) is 28.9 Å². The number of fused-ring (bicyclic) bond motifs is 1. The van der Waals surface area contributed by atoms with Gasteiger partial charge in [-0.15, -0.1) is 0 Å². The maximum atomic E-state index is 13.8. The number of ketones is 1. The maximum Gasteiger partial charge on any atom is 0.320 e. The van der Waals surface area contributed by atoms with Crippen LogP contribution < -0.4 is 19.9 Å². The molecule has 0 spiro atoms. The Morgan fingerprint density at radius 3 is 1.48 bits per heavy atom. The van der Waals surface area contributed by atoms with Gasteiger partial charge < -0.3 is 29.4 Å². The number of nitrogen functional groups attached to an aromatic ring is 1. The number of allylic oxidation sites excluding steroid dienone is 2. The van der Waals surface area contributed by atoms with Crippen LogP contribution in [0.4, 0.5) is 5.82 Å². The number of carbonyl (C=O) groups is 5. The topological polar surface area (TPSA) is 204 Å². The van der Waals surface area contributed by atoms with Crippen LogP contribution in [0.2, 0.25) is 0 Å². The molecule has 7 aromatic carbocycles. The molecule has 85 heavy (non-hydrogen) atoms. The SMILES string of the molecule is CCC(=O)C(C(=O)OC)c1ccc(OC)cc1.CCC(=O)Cl.CCC1=C(c2ccc(OC)cc2)C(=O)n2nc(-c3ccccc3)c(-c3ccccc3)c2C1.COC(=O)Cc1ccc(OC)cc1.Nc1n[nH]c(-c2ccccc2)c1-c1ccccc1. The van der Waals surface area contributed by atoms with Crippen molar-refractivity contribution in [3.63, 3.8) is 0 Å². The third kappa shape index (κ3) is 17.3. The average Bonchev–Trinajstić information content (AvgIpc) is 2.61. The molecule has 0 saturated carbocycles. The Kier molecular flexibility index (Phi) is 24.7. The number of H-pyrrole nitrogens is 1. The molecule has 0 bridgehead atoms. The van der Waals surface area contributed by atoms with Crippen LogP contribution in [0.15, 0.2) is 200 Å². The molecule has 0 radical (unpaired) electrons. The predicted octanol–water partition coefficient (Wildman–Crippen LogP) is 14.1. The number of ether oxygens (including phenoxy) is 5. The molecule has 3 heterocycles. The van der Waals surface area contributed by atoms with Gasteiger partial charge in [0, 0.05) is 41.5 Å². The Hall–Kier alpha value is -9.86. The number of nitrogens with zero attached hydrogens (tertiary/aromatic N) is 3. The molecule has 438 valence electrons. The minimum absolute atomic E-state index is 0.0763. The first-order chi connectivity index (χ1) is 41.2. The van der Waals surface area contributed by atoms with Crippen LogP contribution >= 0.6 is 11.6 Å². The van der Waals surface area contributed by atoms with Crippen LogP contribution in [0.3, 0.4) is 0 Å². The number of Topliss-reactive ketones (excluding diaryl/α,β-unsaturated/α-hetero) is 1. The second-order valence-electron chi connectivity index (χ2n) is 18.8. The molecule has 1 unspecified atom stereocenters. The predicted molar refractivity (Wildman–Crippen MR) is 334 cm³/mol. The summed E-state index contributed by atoms with van der Waals surface area (Å²) < 4.78 is 26.1. The molecule has 1 aliphatic rings. The number of aromatic amines is 1. The maximum absolute atomic E-state index is 13.8. The number of hydrogen-bond donors (Lipinski definition) is 2. The lowest BCUT2D eigenvalue weighted by Crippen LogP contribution is -2.24. The van der Waals surface area contributed by atoms with Gasteiger partial charge >= 0.3 is 11.9 Å². The summed E-state index contributed by atoms with van der Waals surface area (Å²) in [4.78, 5) is 57.6. The lowest BCUT2D eigenvalue weighted by molar-refractivity contribution is -0.145. The number of nitrogens with two attached hydrogens (primary N) is 1. The average molecular weight is 1160 g/mol. The van der Waals surface area contributed by atoms with Crippen LogP contribution in [-0.2, 0) is 41.5 Å². The summed E-state index contributed by atoms with van der Waals surface area (Å²) in [5.74, 6) is 0.945. The van der Waals surface area contributed by atoms with Gasteiger partial charge in [-0.05, 0) is 82.2 Å². The van der Waals surface area contributed by atoms with Gasteiger partial charge in [-0.2, -0.15) is 14.9 Å². The molecule has 2 aromatic heterocycles. The zero-order valence-corrected chi connectivity index (χ0v) is 49.7. The van der Waals surface area contributed by atoms with Crippen molar-refractivity contribution in [1.29, 1.82) is 0 Å². The van der Waals surface area contributed by atoms with Crippen molar-refractivity contribution in [2.75, 3.05) is 41.3 Å². The van der Waals surface area contributed by atoms with Crippen molar-refractivity contribution >= 4 is 51.9 Å². The third-order valence-corrected chi connectivity index (χ3v) is 13.8. The number of benzene rings is 7. The molecule has 16 heteroatoms. The second-order valence-corrected chi connectivity index (χ2v) is 19.2. The molecular weight excluding hydrogens is 1090 g/mol. The van der Waals surface area contributed by atoms with Crippen molar-refractivity contribution in [3.8, 4) is 62.0 Å². The molecule has 1 atom stereocenters. The Morgan fingerprint density at radius 2 is 1.04 bits per heavy atom. The fourth-order valence-electron chi connectivity index (χ4n) is 9.05. The molecule has 10 rings (SSSR count). The lowest BCUT2D eigenvalue weighted by atomic mass is 9.88. The van der Waals surface area contributed by atoms with Crippen LogP contribution in [0, 0.1) is 0 Å². The quantitative estimate of drug-likeness (QED) is 0.0526. The highest BCUT2D eigenvalue weighted by molar-refractivity contribution is 6.63. The van der Waals surface area contributed by atoms with Crippen LogP contribution in [-0.4, -0.2) is 84.4 Å². The number of rotatable bonds is 16. The van der Waals surface area contributed by atoms with E-state index in [1.165, 1.54) is 14.2 Å². The first-order valence-electron chi connectivity index (χ1n) is 27.4. The second kappa shape index (κ2) is 32.7. The van der Waals surface area contributed by atoms with Gasteiger partial charge in [-0.1, -0.05) is 184 Å². The number of halogens is 1. The fourth-order valence-corrected chi connectivity index (χ4v) is 9.05. The minimum Gasteiger partial charge on any atom is -0.497 e. The summed E-state index contributed by atoms with van der Waals surface area (Å²) in [6.45, 7) is 5.55. The van der Waals surface area contributed by atoms with Gasteiger partial charge in [-0.3, -0.25) is 29.1 Å². The largest absolute Gasteiger partial charge is 0.497 e. The number of carbonyl (C=O) groups excluding carboxylic acids is 5. The Labute approximate surface area is 501 Å². The van der Waals surface area contributed by atoms with Gasteiger partial charge in [0.05, 0.1) is 58.9 Å². The number of hydrogen-bond acceptors (Lipinski definition) is 13. The van der Waals surface area contributed by atoms with E-state index in [-0.39, 0.29) is 22.9 Å². The molecule has 15 nitrogen and oxygen atoms in total. The van der Waals surface area contributed by atoms with Crippen molar-refractivity contribution in [3.05, 3.63) is 222 Å². The number of methoxy groups -OCH3 is 5. The van der Waals surface area contributed by atoms with E-state index in [0.717, 1.165) is 90.7 Å². The summed E-state index contributed by atoms with van der Waals surface area (Å²) in [7, 11) is 7.47. The fraction of sp³-hybridized carbons (Fsp3) is 0.203. The highest BCUT2D eigenvalue weighted by Gasteiger charge is 2.32. The van der Waals surface area contributed by atoms with Crippen molar-refractivity contribution in [2.45, 2.75) is 58.8 Å². The van der Waals surface area contributed by atoms with E-state index in [4.69, 9.17) is 36.6 Å². The normalized spacial score (nSPS) is 11.4. The van der Waals surface area contributed by atoms with E-state index in [0.29, 0.717) is 42.8 Å². The summed E-state index contributed by atoms with van der Waals surface area (Å²) in [6.07, 6.45) is 2.52. The number of nitrogens with one attached hydrogen (secondary N) is 1. The first-order valence-corrected chi connectivity index (χ1v) is 27.8. The molecule has 0 aliphatic carbocycles. The summed E-state index contributed by atoms with van der Waals surface area (Å²) in [5.41, 5.74) is 19.3. The molecule has 3 N–H and O–H groups in total. The van der Waals surface area contributed by atoms with Crippen LogP contribution in [0.25, 0.3) is 50.3 Å². The highest BCUT2D eigenvalue weighted by Crippen LogP contribution is 2.41. The Morgan fingerprint density at radius 1 is 0.576 bits per heavy atom. The smallest absolute Gasteiger partial charge is 0.320 e. The summed E-state index contributed by atoms with van der Waals surface area (Å²) in [6, 6.07) is 62.3. The van der Waals surface area contributed by atoms with E-state index >= 15 is 0 Å². The van der Waals surface area contributed by atoms with Crippen LogP contribution in [0.5, 0.6) is 17.2 Å². The van der Waals surface area contributed by atoms with Crippen molar-refractivity contribution in [2.24, 2.45) is 0 Å². The zero-order chi connectivity index (χ0) is 61.3. The summed E-state index contributed by atoms with van der Waals surface area (Å²) >= 11 is 4.82. The highest BCUT2D eigenvalue weighted by atomic mass is 35.5.